The third-order valence-electron chi connectivity index (χ3n) is 5.94. The molecule has 0 spiro atoms. The molecule has 0 radical (unpaired) electrons. The molecule has 0 saturated carbocycles. The molecule has 0 aliphatic carbocycles. The van der Waals surface area contributed by atoms with Crippen LogP contribution in [0.25, 0.3) is 0 Å². The van der Waals surface area contributed by atoms with Crippen molar-refractivity contribution >= 4 is 29.0 Å². The number of nitrogens with one attached hydrogen (secondary N) is 1. The Labute approximate surface area is 204 Å². The molecule has 9 heteroatoms. The molecule has 2 heterocycles. The Bertz CT molecular complexity index is 1120. The highest BCUT2D eigenvalue weighted by atomic mass is 32.2. The Morgan fingerprint density at radius 3 is 2.56 bits per heavy atom. The van der Waals surface area contributed by atoms with E-state index in [-0.39, 0.29) is 18.3 Å². The van der Waals surface area contributed by atoms with Crippen molar-refractivity contribution in [3.05, 3.63) is 59.4 Å². The minimum atomic E-state index is -0.118. The molecule has 4 rings (SSSR count). The zero-order valence-electron chi connectivity index (χ0n) is 20.0. The van der Waals surface area contributed by atoms with Gasteiger partial charge in [-0.25, -0.2) is 4.68 Å². The first kappa shape index (κ1) is 23.9. The highest BCUT2D eigenvalue weighted by molar-refractivity contribution is 7.99. The number of nitrogens with two attached hydrogens (primary N) is 1. The average Bonchev–Trinajstić information content (AvgIpc) is 3.48. The zero-order chi connectivity index (χ0) is 24.1. The third-order valence-corrected chi connectivity index (χ3v) is 6.88. The summed E-state index contributed by atoms with van der Waals surface area (Å²) in [6.07, 6.45) is 2.47. The maximum Gasteiger partial charge on any atom is 0.234 e. The summed E-state index contributed by atoms with van der Waals surface area (Å²) in [6.45, 7) is 8.70. The van der Waals surface area contributed by atoms with Gasteiger partial charge in [0.25, 0.3) is 0 Å². The summed E-state index contributed by atoms with van der Waals surface area (Å²) in [5.41, 5.74) is 4.33. The first-order valence-corrected chi connectivity index (χ1v) is 12.6. The van der Waals surface area contributed by atoms with Crippen molar-refractivity contribution in [1.82, 2.24) is 14.9 Å². The van der Waals surface area contributed by atoms with Gasteiger partial charge >= 0.3 is 0 Å². The van der Waals surface area contributed by atoms with Gasteiger partial charge in [-0.1, -0.05) is 37.7 Å². The van der Waals surface area contributed by atoms with Crippen LogP contribution < -0.4 is 20.8 Å². The molecule has 8 nitrogen and oxygen atoms in total. The van der Waals surface area contributed by atoms with Crippen molar-refractivity contribution in [2.45, 2.75) is 51.3 Å². The second kappa shape index (κ2) is 10.8. The lowest BCUT2D eigenvalue weighted by Gasteiger charge is -2.19. The van der Waals surface area contributed by atoms with Crippen molar-refractivity contribution in [2.24, 2.45) is 0 Å². The van der Waals surface area contributed by atoms with E-state index in [1.807, 2.05) is 25.1 Å². The summed E-state index contributed by atoms with van der Waals surface area (Å²) in [4.78, 5) is 14.9. The Hall–Kier alpha value is -3.20. The zero-order valence-corrected chi connectivity index (χ0v) is 20.8. The number of amides is 1. The number of aryl methyl sites for hydroxylation is 1. The number of aromatic nitrogens is 3. The summed E-state index contributed by atoms with van der Waals surface area (Å²) >= 11 is 1.24. The van der Waals surface area contributed by atoms with Crippen molar-refractivity contribution in [3.63, 3.8) is 0 Å². The quantitative estimate of drug-likeness (QED) is 0.347. The molecule has 1 amide bonds. The largest absolute Gasteiger partial charge is 0.486 e. The minimum Gasteiger partial charge on any atom is -0.486 e. The number of thioether (sulfide) groups is 1. The van der Waals surface area contributed by atoms with Gasteiger partial charge in [-0.2, -0.15) is 0 Å². The van der Waals surface area contributed by atoms with Crippen LogP contribution in [-0.2, 0) is 11.4 Å². The first-order valence-electron chi connectivity index (χ1n) is 11.6. The molecule has 0 atom stereocenters. The normalized spacial score (nSPS) is 13.5. The molecule has 1 aliphatic heterocycles. The monoisotopic (exact) mass is 480 g/mol. The maximum absolute atomic E-state index is 12.5. The number of benzene rings is 2. The Morgan fingerprint density at radius 2 is 1.88 bits per heavy atom. The second-order valence-corrected chi connectivity index (χ2v) is 9.75. The topological polar surface area (TPSA) is 98.3 Å². The number of carbonyl (C=O) groups excluding carboxylic acids is 1. The minimum absolute atomic E-state index is 0.118. The van der Waals surface area contributed by atoms with Crippen molar-refractivity contribution in [2.75, 3.05) is 34.9 Å². The van der Waals surface area contributed by atoms with Gasteiger partial charge in [-0.3, -0.25) is 4.79 Å². The number of nitrogens with zero attached hydrogens (tertiary/aromatic N) is 4. The van der Waals surface area contributed by atoms with E-state index in [0.717, 1.165) is 30.1 Å². The van der Waals surface area contributed by atoms with Crippen molar-refractivity contribution in [1.29, 1.82) is 0 Å². The SMILES string of the molecule is Cc1cc(N2CCCC2)ccc1NC(=O)CSc1nnc(COc2ccc(C(C)C)cc2)n1N. The summed E-state index contributed by atoms with van der Waals surface area (Å²) in [7, 11) is 0. The van der Waals surface area contributed by atoms with Crippen LogP contribution >= 0.6 is 11.8 Å². The number of nitrogen functional groups attached to an aromatic ring is 1. The fraction of sp³-hybridized carbons (Fsp3) is 0.400. The second-order valence-electron chi connectivity index (χ2n) is 8.81. The van der Waals surface area contributed by atoms with Gasteiger partial charge in [0.2, 0.25) is 11.1 Å². The van der Waals surface area contributed by atoms with Crippen molar-refractivity contribution < 1.29 is 9.53 Å². The van der Waals surface area contributed by atoms with Crippen LogP contribution in [0.5, 0.6) is 5.75 Å². The van der Waals surface area contributed by atoms with Crippen LogP contribution in [0.2, 0.25) is 0 Å². The Morgan fingerprint density at radius 1 is 1.15 bits per heavy atom. The summed E-state index contributed by atoms with van der Waals surface area (Å²) in [5.74, 6) is 7.89. The highest BCUT2D eigenvalue weighted by Gasteiger charge is 2.15. The maximum atomic E-state index is 12.5. The molecule has 1 aliphatic rings. The number of anilines is 2. The van der Waals surface area contributed by atoms with Gasteiger partial charge in [-0.05, 0) is 67.1 Å². The van der Waals surface area contributed by atoms with Crippen LogP contribution in [0, 0.1) is 6.92 Å². The van der Waals surface area contributed by atoms with Gasteiger partial charge in [-0.15, -0.1) is 10.2 Å². The molecule has 0 unspecified atom stereocenters. The standard InChI is InChI=1S/C25H32N6O2S/c1-17(2)19-6-9-21(10-7-19)33-15-23-28-29-25(31(23)26)34-16-24(32)27-22-11-8-20(14-18(22)3)30-12-4-5-13-30/h6-11,14,17H,4-5,12-13,15-16,26H2,1-3H3,(H,27,32). The summed E-state index contributed by atoms with van der Waals surface area (Å²) in [6, 6.07) is 14.1. The molecule has 3 N–H and O–H groups in total. The lowest BCUT2D eigenvalue weighted by Crippen LogP contribution is -2.19. The van der Waals surface area contributed by atoms with Crippen LogP contribution in [0.3, 0.4) is 0 Å². The van der Waals surface area contributed by atoms with Crippen LogP contribution in [0.15, 0.2) is 47.6 Å². The molecule has 3 aromatic rings. The van der Waals surface area contributed by atoms with Gasteiger partial charge in [0.05, 0.1) is 5.75 Å². The van der Waals surface area contributed by atoms with E-state index in [9.17, 15) is 4.79 Å². The summed E-state index contributed by atoms with van der Waals surface area (Å²) in [5, 5.41) is 11.7. The predicted molar refractivity (Wildman–Crippen MR) is 137 cm³/mol. The molecule has 2 aromatic carbocycles. The highest BCUT2D eigenvalue weighted by Crippen LogP contribution is 2.26. The lowest BCUT2D eigenvalue weighted by atomic mass is 10.0. The fourth-order valence-electron chi connectivity index (χ4n) is 3.88. The summed E-state index contributed by atoms with van der Waals surface area (Å²) < 4.78 is 7.16. The molecular formula is C25H32N6O2S. The fourth-order valence-corrected chi connectivity index (χ4v) is 4.55. The van der Waals surface area contributed by atoms with E-state index in [2.05, 4.69) is 58.5 Å². The Balaban J connectivity index is 1.28. The smallest absolute Gasteiger partial charge is 0.234 e. The number of ether oxygens (including phenoxy) is 1. The number of carbonyl (C=O) groups is 1. The van der Waals surface area contributed by atoms with E-state index < -0.39 is 0 Å². The van der Waals surface area contributed by atoms with Crippen LogP contribution in [0.4, 0.5) is 11.4 Å². The third kappa shape index (κ3) is 5.83. The van der Waals surface area contributed by atoms with E-state index in [1.54, 1.807) is 0 Å². The van der Waals surface area contributed by atoms with E-state index in [0.29, 0.717) is 16.9 Å². The molecule has 0 bridgehead atoms. The predicted octanol–water partition coefficient (Wildman–Crippen LogP) is 4.33. The van der Waals surface area contributed by atoms with Gasteiger partial charge in [0.1, 0.15) is 12.4 Å². The average molecular weight is 481 g/mol. The lowest BCUT2D eigenvalue weighted by molar-refractivity contribution is -0.113. The first-order chi connectivity index (χ1) is 16.4. The molecule has 34 heavy (non-hydrogen) atoms. The molecule has 180 valence electrons. The van der Waals surface area contributed by atoms with E-state index >= 15 is 0 Å². The van der Waals surface area contributed by atoms with Crippen molar-refractivity contribution in [3.8, 4) is 5.75 Å². The van der Waals surface area contributed by atoms with Gasteiger partial charge in [0, 0.05) is 24.5 Å². The molecular weight excluding hydrogens is 448 g/mol. The van der Waals surface area contributed by atoms with Crippen LogP contribution in [-0.4, -0.2) is 39.6 Å². The molecule has 1 fully saturated rings. The molecule has 1 saturated heterocycles. The van der Waals surface area contributed by atoms with E-state index in [4.69, 9.17) is 10.6 Å². The van der Waals surface area contributed by atoms with Gasteiger partial charge < -0.3 is 20.8 Å². The number of rotatable bonds is 9. The Kier molecular flexibility index (Phi) is 7.62. The number of hydrogen-bond donors (Lipinski definition) is 2. The van der Waals surface area contributed by atoms with Crippen LogP contribution in [0.1, 0.15) is 49.6 Å². The van der Waals surface area contributed by atoms with Gasteiger partial charge in [0.15, 0.2) is 5.82 Å². The van der Waals surface area contributed by atoms with E-state index in [1.165, 1.54) is 40.5 Å². The molecule has 1 aromatic heterocycles. The number of hydrogen-bond acceptors (Lipinski definition) is 7.